The molecule has 0 radical (unpaired) electrons. The van der Waals surface area contributed by atoms with E-state index in [1.54, 1.807) is 7.05 Å². The van der Waals surface area contributed by atoms with Gasteiger partial charge in [0.2, 0.25) is 5.91 Å². The summed E-state index contributed by atoms with van der Waals surface area (Å²) in [7, 11) is 3.88. The minimum Gasteiger partial charge on any atom is -0.356 e. The number of carbonyl (C=O) groups excluding carboxylic acids is 1. The number of thioether (sulfide) groups is 1. The molecule has 2 aliphatic rings. The fourth-order valence-corrected chi connectivity index (χ4v) is 3.94. The summed E-state index contributed by atoms with van der Waals surface area (Å²) in [6.07, 6.45) is 3.14. The van der Waals surface area contributed by atoms with Crippen LogP contribution in [0.1, 0.15) is 19.3 Å². The van der Waals surface area contributed by atoms with E-state index in [1.165, 1.54) is 18.6 Å². The van der Waals surface area contributed by atoms with Crippen LogP contribution in [0.4, 0.5) is 0 Å². The zero-order valence-corrected chi connectivity index (χ0v) is 14.6. The largest absolute Gasteiger partial charge is 0.356 e. The molecule has 7 heteroatoms. The Morgan fingerprint density at radius 3 is 2.68 bits per heavy atom. The van der Waals surface area contributed by atoms with Crippen molar-refractivity contribution < 1.29 is 4.79 Å². The lowest BCUT2D eigenvalue weighted by Gasteiger charge is -2.32. The van der Waals surface area contributed by atoms with Crippen LogP contribution in [0, 0.1) is 0 Å². The molecule has 2 aliphatic heterocycles. The molecule has 2 rings (SSSR count). The molecule has 22 heavy (non-hydrogen) atoms. The van der Waals surface area contributed by atoms with Crippen molar-refractivity contribution in [2.75, 3.05) is 59.1 Å². The molecule has 2 saturated heterocycles. The number of hydrogen-bond donors (Lipinski definition) is 2. The summed E-state index contributed by atoms with van der Waals surface area (Å²) < 4.78 is 0. The van der Waals surface area contributed by atoms with Crippen molar-refractivity contribution in [2.45, 2.75) is 24.5 Å². The van der Waals surface area contributed by atoms with Crippen molar-refractivity contribution in [1.29, 1.82) is 0 Å². The molecule has 6 nitrogen and oxygen atoms in total. The standard InChI is InChI=1S/C15H29N5OS/c1-16-15(18-12-13-4-3-11-22-13)17-6-5-14(21)20-9-7-19(2)8-10-20/h13H,3-12H2,1-2H3,(H2,16,17,18). The Balaban J connectivity index is 1.60. The number of guanidine groups is 1. The van der Waals surface area contributed by atoms with Gasteiger partial charge in [-0.25, -0.2) is 0 Å². The highest BCUT2D eigenvalue weighted by Crippen LogP contribution is 2.25. The second kappa shape index (κ2) is 9.25. The third kappa shape index (κ3) is 5.68. The van der Waals surface area contributed by atoms with Crippen molar-refractivity contribution in [2.24, 2.45) is 4.99 Å². The molecule has 0 aliphatic carbocycles. The van der Waals surface area contributed by atoms with E-state index in [9.17, 15) is 4.79 Å². The van der Waals surface area contributed by atoms with E-state index in [0.29, 0.717) is 18.2 Å². The molecular weight excluding hydrogens is 298 g/mol. The number of nitrogens with one attached hydrogen (secondary N) is 2. The Morgan fingerprint density at radius 2 is 2.05 bits per heavy atom. The van der Waals surface area contributed by atoms with Crippen LogP contribution in [0.5, 0.6) is 0 Å². The number of amides is 1. The summed E-state index contributed by atoms with van der Waals surface area (Å²) in [6, 6.07) is 0. The van der Waals surface area contributed by atoms with Gasteiger partial charge in [0.1, 0.15) is 0 Å². The van der Waals surface area contributed by atoms with E-state index in [-0.39, 0.29) is 5.91 Å². The summed E-state index contributed by atoms with van der Waals surface area (Å²) in [5, 5.41) is 7.30. The molecule has 1 atom stereocenters. The highest BCUT2D eigenvalue weighted by Gasteiger charge is 2.19. The van der Waals surface area contributed by atoms with Gasteiger partial charge in [-0.15, -0.1) is 0 Å². The molecule has 1 unspecified atom stereocenters. The monoisotopic (exact) mass is 327 g/mol. The Kier molecular flexibility index (Phi) is 7.32. The van der Waals surface area contributed by atoms with Crippen molar-refractivity contribution in [3.05, 3.63) is 0 Å². The fraction of sp³-hybridized carbons (Fsp3) is 0.867. The summed E-state index contributed by atoms with van der Waals surface area (Å²) in [6.45, 7) is 5.24. The molecule has 0 spiro atoms. The first kappa shape index (κ1) is 17.4. The van der Waals surface area contributed by atoms with E-state index in [0.717, 1.165) is 38.7 Å². The molecule has 0 bridgehead atoms. The SMILES string of the molecule is CN=C(NCCC(=O)N1CCN(C)CC1)NCC1CCCS1. The van der Waals surface area contributed by atoms with Crippen LogP contribution in [0.15, 0.2) is 4.99 Å². The predicted molar refractivity (Wildman–Crippen MR) is 93.5 cm³/mol. The minimum absolute atomic E-state index is 0.238. The van der Waals surface area contributed by atoms with E-state index in [4.69, 9.17) is 0 Å². The van der Waals surface area contributed by atoms with Gasteiger partial charge in [0, 0.05) is 58.0 Å². The Labute approximate surface area is 138 Å². The normalized spacial score (nSPS) is 23.6. The quantitative estimate of drug-likeness (QED) is 0.558. The van der Waals surface area contributed by atoms with E-state index < -0.39 is 0 Å². The van der Waals surface area contributed by atoms with Crippen molar-refractivity contribution in [3.63, 3.8) is 0 Å². The van der Waals surface area contributed by atoms with Gasteiger partial charge in [0.15, 0.2) is 5.96 Å². The lowest BCUT2D eigenvalue weighted by Crippen LogP contribution is -2.48. The molecule has 0 aromatic rings. The van der Waals surface area contributed by atoms with Gasteiger partial charge >= 0.3 is 0 Å². The number of piperazine rings is 1. The Hall–Kier alpha value is -0.950. The van der Waals surface area contributed by atoms with Gasteiger partial charge in [-0.3, -0.25) is 9.79 Å². The van der Waals surface area contributed by atoms with Gasteiger partial charge < -0.3 is 20.4 Å². The summed E-state index contributed by atoms with van der Waals surface area (Å²) in [5.74, 6) is 2.32. The topological polar surface area (TPSA) is 60.0 Å². The van der Waals surface area contributed by atoms with Crippen LogP contribution in [0.2, 0.25) is 0 Å². The minimum atomic E-state index is 0.238. The Bertz CT molecular complexity index is 376. The molecule has 2 heterocycles. The molecule has 0 aromatic carbocycles. The van der Waals surface area contributed by atoms with Crippen LogP contribution in [0.3, 0.4) is 0 Å². The number of rotatable bonds is 5. The van der Waals surface area contributed by atoms with E-state index >= 15 is 0 Å². The summed E-state index contributed by atoms with van der Waals surface area (Å²) >= 11 is 2.03. The first-order valence-electron chi connectivity index (χ1n) is 8.21. The van der Waals surface area contributed by atoms with Crippen molar-refractivity contribution in [3.8, 4) is 0 Å². The van der Waals surface area contributed by atoms with Crippen molar-refractivity contribution in [1.82, 2.24) is 20.4 Å². The first-order valence-corrected chi connectivity index (χ1v) is 9.26. The highest BCUT2D eigenvalue weighted by molar-refractivity contribution is 8.00. The van der Waals surface area contributed by atoms with Crippen molar-refractivity contribution >= 4 is 23.6 Å². The third-order valence-corrected chi connectivity index (χ3v) is 5.63. The highest BCUT2D eigenvalue weighted by atomic mass is 32.2. The number of aliphatic imine (C=N–C) groups is 1. The van der Waals surface area contributed by atoms with Gasteiger partial charge in [-0.2, -0.15) is 11.8 Å². The van der Waals surface area contributed by atoms with Crippen LogP contribution in [-0.2, 0) is 4.79 Å². The lowest BCUT2D eigenvalue weighted by atomic mass is 10.2. The van der Waals surface area contributed by atoms with E-state index in [2.05, 4.69) is 27.6 Å². The van der Waals surface area contributed by atoms with Gasteiger partial charge in [0.25, 0.3) is 0 Å². The van der Waals surface area contributed by atoms with Crippen LogP contribution in [0.25, 0.3) is 0 Å². The second-order valence-corrected chi connectivity index (χ2v) is 7.36. The zero-order valence-electron chi connectivity index (χ0n) is 13.8. The lowest BCUT2D eigenvalue weighted by molar-refractivity contribution is -0.132. The maximum absolute atomic E-state index is 12.1. The molecule has 0 saturated carbocycles. The Morgan fingerprint density at radius 1 is 1.27 bits per heavy atom. The fourth-order valence-electron chi connectivity index (χ4n) is 2.74. The molecular formula is C15H29N5OS. The second-order valence-electron chi connectivity index (χ2n) is 5.95. The average molecular weight is 327 g/mol. The van der Waals surface area contributed by atoms with Gasteiger partial charge in [-0.05, 0) is 25.6 Å². The van der Waals surface area contributed by atoms with Gasteiger partial charge in [-0.1, -0.05) is 0 Å². The van der Waals surface area contributed by atoms with Crippen LogP contribution < -0.4 is 10.6 Å². The van der Waals surface area contributed by atoms with E-state index in [1.807, 2.05) is 16.7 Å². The number of carbonyl (C=O) groups is 1. The summed E-state index contributed by atoms with van der Waals surface area (Å²) in [5.41, 5.74) is 0. The van der Waals surface area contributed by atoms with Crippen LogP contribution in [-0.4, -0.2) is 86.0 Å². The molecule has 2 fully saturated rings. The number of likely N-dealkylation sites (N-methyl/N-ethyl adjacent to an activating group) is 1. The predicted octanol–water partition coefficient (Wildman–Crippen LogP) is 0.211. The van der Waals surface area contributed by atoms with Gasteiger partial charge in [0.05, 0.1) is 0 Å². The summed E-state index contributed by atoms with van der Waals surface area (Å²) in [4.78, 5) is 20.6. The molecule has 126 valence electrons. The molecule has 0 aromatic heterocycles. The molecule has 2 N–H and O–H groups in total. The smallest absolute Gasteiger partial charge is 0.224 e. The average Bonchev–Trinajstić information content (AvgIpc) is 3.04. The zero-order chi connectivity index (χ0) is 15.8. The maximum atomic E-state index is 12.1. The third-order valence-electron chi connectivity index (χ3n) is 4.23. The first-order chi connectivity index (χ1) is 10.7. The molecule has 1 amide bonds. The maximum Gasteiger partial charge on any atom is 0.224 e. The number of nitrogens with zero attached hydrogens (tertiary/aromatic N) is 3. The van der Waals surface area contributed by atoms with Crippen LogP contribution >= 0.6 is 11.8 Å². The number of hydrogen-bond acceptors (Lipinski definition) is 4.